The Hall–Kier alpha value is -2.87. The lowest BCUT2D eigenvalue weighted by Crippen LogP contribution is -2.53. The van der Waals surface area contributed by atoms with E-state index in [1.807, 2.05) is 18.2 Å². The monoisotopic (exact) mass is 459 g/mol. The molecule has 33 heavy (non-hydrogen) atoms. The molecular formula is C25H28F3N3O2. The van der Waals surface area contributed by atoms with Crippen LogP contribution in [0.3, 0.4) is 0 Å². The summed E-state index contributed by atoms with van der Waals surface area (Å²) >= 11 is 0. The fourth-order valence-electron chi connectivity index (χ4n) is 4.58. The summed E-state index contributed by atoms with van der Waals surface area (Å²) in [6.45, 7) is 6.16. The zero-order valence-electron chi connectivity index (χ0n) is 19.1. The van der Waals surface area contributed by atoms with Crippen LogP contribution in [0.15, 0.2) is 36.0 Å². The Kier molecular flexibility index (Phi) is 6.47. The predicted molar refractivity (Wildman–Crippen MR) is 120 cm³/mol. The number of nitrogens with zero attached hydrogens (tertiary/aromatic N) is 2. The average Bonchev–Trinajstić information content (AvgIpc) is 2.74. The first-order valence-electron chi connectivity index (χ1n) is 11.1. The Bertz CT molecular complexity index is 1090. The molecule has 0 atom stereocenters. The number of alkyl halides is 3. The number of carbonyl (C=O) groups is 1. The molecule has 1 amide bonds. The molecule has 5 nitrogen and oxygen atoms in total. The minimum absolute atomic E-state index is 0.0921. The van der Waals surface area contributed by atoms with E-state index in [1.165, 1.54) is 35.3 Å². The van der Waals surface area contributed by atoms with E-state index >= 15 is 0 Å². The molecule has 1 aliphatic carbocycles. The highest BCUT2D eigenvalue weighted by molar-refractivity contribution is 5.79. The maximum absolute atomic E-state index is 12.9. The number of aryl methyl sites for hydroxylation is 2. The summed E-state index contributed by atoms with van der Waals surface area (Å²) in [5, 5.41) is 2.71. The van der Waals surface area contributed by atoms with Gasteiger partial charge in [0.2, 0.25) is 5.91 Å². The van der Waals surface area contributed by atoms with Gasteiger partial charge in [-0.25, -0.2) is 0 Å². The van der Waals surface area contributed by atoms with E-state index in [9.17, 15) is 18.0 Å². The predicted octanol–water partition coefficient (Wildman–Crippen LogP) is 4.39. The number of aromatic nitrogens is 1. The normalized spacial score (nSPS) is 16.9. The third kappa shape index (κ3) is 5.05. The van der Waals surface area contributed by atoms with Gasteiger partial charge < -0.3 is 10.1 Å². The highest BCUT2D eigenvalue weighted by atomic mass is 19.4. The molecule has 1 saturated heterocycles. The van der Waals surface area contributed by atoms with Gasteiger partial charge in [0.25, 0.3) is 0 Å². The summed E-state index contributed by atoms with van der Waals surface area (Å²) in [6, 6.07) is 7.38. The van der Waals surface area contributed by atoms with Gasteiger partial charge in [-0.05, 0) is 67.2 Å². The molecule has 176 valence electrons. The topological polar surface area (TPSA) is 54.5 Å². The zero-order valence-corrected chi connectivity index (χ0v) is 19.1. The van der Waals surface area contributed by atoms with Crippen molar-refractivity contribution in [2.75, 3.05) is 26.7 Å². The first-order valence-corrected chi connectivity index (χ1v) is 11.1. The van der Waals surface area contributed by atoms with Crippen LogP contribution in [0.1, 0.15) is 41.3 Å². The molecule has 1 aromatic carbocycles. The Morgan fingerprint density at radius 2 is 1.97 bits per heavy atom. The quantitative estimate of drug-likeness (QED) is 0.697. The van der Waals surface area contributed by atoms with E-state index in [4.69, 9.17) is 4.74 Å². The molecule has 2 aliphatic rings. The molecule has 2 aromatic rings. The molecule has 0 saturated carbocycles. The van der Waals surface area contributed by atoms with Crippen molar-refractivity contribution in [1.29, 1.82) is 0 Å². The number of benzene rings is 1. The van der Waals surface area contributed by atoms with Crippen molar-refractivity contribution in [2.24, 2.45) is 5.92 Å². The Balaban J connectivity index is 1.39. The van der Waals surface area contributed by atoms with Gasteiger partial charge in [0, 0.05) is 32.9 Å². The molecule has 0 radical (unpaired) electrons. The molecule has 0 unspecified atom stereocenters. The molecule has 1 aliphatic heterocycles. The van der Waals surface area contributed by atoms with Crippen molar-refractivity contribution in [1.82, 2.24) is 15.2 Å². The van der Waals surface area contributed by atoms with E-state index < -0.39 is 11.7 Å². The number of nitrogens with one attached hydrogen (secondary N) is 1. The minimum Gasteiger partial charge on any atom is -0.487 e. The number of fused-ring (bicyclic) bond motifs is 1. The van der Waals surface area contributed by atoms with E-state index in [-0.39, 0.29) is 24.0 Å². The first-order chi connectivity index (χ1) is 15.7. The van der Waals surface area contributed by atoms with Gasteiger partial charge in [0.15, 0.2) is 0 Å². The molecule has 8 heteroatoms. The number of hydrogen-bond donors (Lipinski definition) is 1. The van der Waals surface area contributed by atoms with Crippen molar-refractivity contribution in [3.8, 4) is 5.75 Å². The molecule has 0 spiro atoms. The van der Waals surface area contributed by atoms with E-state index in [0.29, 0.717) is 11.4 Å². The fraction of sp³-hybridized carbons (Fsp3) is 0.440. The van der Waals surface area contributed by atoms with Crippen molar-refractivity contribution in [2.45, 2.75) is 39.5 Å². The van der Waals surface area contributed by atoms with E-state index in [0.717, 1.165) is 38.7 Å². The smallest absolute Gasteiger partial charge is 0.418 e. The van der Waals surface area contributed by atoms with Gasteiger partial charge in [0.1, 0.15) is 12.4 Å². The lowest BCUT2D eigenvalue weighted by Gasteiger charge is -2.39. The summed E-state index contributed by atoms with van der Waals surface area (Å²) in [6.07, 6.45) is -1.67. The summed E-state index contributed by atoms with van der Waals surface area (Å²) in [4.78, 5) is 17.9. The number of hydrogen-bond acceptors (Lipinski definition) is 4. The zero-order chi connectivity index (χ0) is 23.8. The number of halogens is 3. The van der Waals surface area contributed by atoms with Crippen LogP contribution in [0.2, 0.25) is 0 Å². The Morgan fingerprint density at radius 3 is 2.64 bits per heavy atom. The van der Waals surface area contributed by atoms with Crippen molar-refractivity contribution in [3.05, 3.63) is 64.0 Å². The Morgan fingerprint density at radius 1 is 1.21 bits per heavy atom. The number of allylic oxidation sites excluding steroid dienone is 1. The number of rotatable bonds is 6. The van der Waals surface area contributed by atoms with Crippen LogP contribution in [-0.2, 0) is 24.0 Å². The van der Waals surface area contributed by atoms with Crippen molar-refractivity contribution >= 4 is 11.5 Å². The average molecular weight is 460 g/mol. The first kappa shape index (κ1) is 23.3. The molecule has 1 fully saturated rings. The van der Waals surface area contributed by atoms with E-state index in [2.05, 4.69) is 22.1 Å². The van der Waals surface area contributed by atoms with E-state index in [1.54, 1.807) is 7.05 Å². The number of carbonyl (C=O) groups excluding carboxylic acids is 1. The second kappa shape index (κ2) is 9.17. The fourth-order valence-corrected chi connectivity index (χ4v) is 4.58. The van der Waals surface area contributed by atoms with Crippen LogP contribution in [0.5, 0.6) is 5.75 Å². The molecule has 2 heterocycles. The van der Waals surface area contributed by atoms with Crippen molar-refractivity contribution in [3.63, 3.8) is 0 Å². The third-order valence-electron chi connectivity index (χ3n) is 6.56. The lowest BCUT2D eigenvalue weighted by atomic mass is 9.85. The second-order valence-electron chi connectivity index (χ2n) is 8.83. The highest BCUT2D eigenvalue weighted by Gasteiger charge is 2.33. The number of ether oxygens (including phenoxy) is 1. The van der Waals surface area contributed by atoms with Gasteiger partial charge in [-0.1, -0.05) is 11.6 Å². The third-order valence-corrected chi connectivity index (χ3v) is 6.56. The summed E-state index contributed by atoms with van der Waals surface area (Å²) < 4.78 is 44.6. The maximum Gasteiger partial charge on any atom is 0.418 e. The highest BCUT2D eigenvalue weighted by Crippen LogP contribution is 2.35. The van der Waals surface area contributed by atoms with Gasteiger partial charge in [0.05, 0.1) is 17.2 Å². The molecule has 4 rings (SSSR count). The van der Waals surface area contributed by atoms with Gasteiger partial charge in [-0.15, -0.1) is 0 Å². The maximum atomic E-state index is 12.9. The molecule has 0 bridgehead atoms. The van der Waals surface area contributed by atoms with Crippen LogP contribution >= 0.6 is 0 Å². The number of amides is 1. The van der Waals surface area contributed by atoms with Crippen LogP contribution in [-0.4, -0.2) is 42.5 Å². The lowest BCUT2D eigenvalue weighted by molar-refractivity contribution is -0.138. The molecule has 1 aromatic heterocycles. The molecule has 1 N–H and O–H groups in total. The summed E-state index contributed by atoms with van der Waals surface area (Å²) in [5.74, 6) is 0.884. The van der Waals surface area contributed by atoms with Crippen LogP contribution in [0.4, 0.5) is 13.2 Å². The minimum atomic E-state index is -4.40. The van der Waals surface area contributed by atoms with Crippen LogP contribution in [0, 0.1) is 12.8 Å². The summed E-state index contributed by atoms with van der Waals surface area (Å²) in [5.41, 5.74) is 4.95. The van der Waals surface area contributed by atoms with Crippen LogP contribution < -0.4 is 10.1 Å². The van der Waals surface area contributed by atoms with Crippen LogP contribution in [0.25, 0.3) is 5.57 Å². The second-order valence-corrected chi connectivity index (χ2v) is 8.83. The SMILES string of the molecule is CNC(=O)C1CN(CC2=C(C)c3ccc(OCc4cc(C)c(C(F)(F)F)cn4)cc3CC2)C1. The standard InChI is InChI=1S/C25H28F3N3O2/c1-15-8-20(30-10-23(15)25(26,27)28)14-33-21-6-7-22-16(2)18(5-4-17(22)9-21)11-31-12-19(13-31)24(32)29-3/h6-10,19H,4-5,11-14H2,1-3H3,(H,29,32). The largest absolute Gasteiger partial charge is 0.487 e. The Labute approximate surface area is 191 Å². The molecular weight excluding hydrogens is 431 g/mol. The van der Waals surface area contributed by atoms with Gasteiger partial charge in [-0.3, -0.25) is 14.7 Å². The van der Waals surface area contributed by atoms with Gasteiger partial charge >= 0.3 is 6.18 Å². The van der Waals surface area contributed by atoms with Gasteiger partial charge in [-0.2, -0.15) is 13.2 Å². The van der Waals surface area contributed by atoms with Crippen molar-refractivity contribution < 1.29 is 22.7 Å². The number of likely N-dealkylation sites (tertiary alicyclic amines) is 1. The summed E-state index contributed by atoms with van der Waals surface area (Å²) in [7, 11) is 1.68. The number of pyridine rings is 1.